The Morgan fingerprint density at radius 3 is 1.71 bits per heavy atom. The van der Waals surface area contributed by atoms with Crippen LogP contribution in [0, 0.1) is 24.1 Å². The van der Waals surface area contributed by atoms with E-state index in [-0.39, 0.29) is 5.82 Å². The van der Waals surface area contributed by atoms with Crippen LogP contribution in [0.1, 0.15) is 11.1 Å². The van der Waals surface area contributed by atoms with Gasteiger partial charge in [-0.25, -0.2) is 19.3 Å². The minimum Gasteiger partial charge on any atom is -0.208 e. The van der Waals surface area contributed by atoms with Gasteiger partial charge in [0.25, 0.3) is 0 Å². The van der Waals surface area contributed by atoms with Gasteiger partial charge < -0.3 is 0 Å². The SMILES string of the molecule is Cc1c(F)ccc(C#N)c1-c1nc(-c2ccccc2)nc(-c2ccccc2)n1. The van der Waals surface area contributed by atoms with Gasteiger partial charge in [0.15, 0.2) is 17.5 Å². The Bertz CT molecular complexity index is 1120. The largest absolute Gasteiger partial charge is 0.208 e. The van der Waals surface area contributed by atoms with Gasteiger partial charge in [0.05, 0.1) is 11.6 Å². The number of hydrogen-bond donors (Lipinski definition) is 0. The van der Waals surface area contributed by atoms with Crippen molar-refractivity contribution in [3.63, 3.8) is 0 Å². The highest BCUT2D eigenvalue weighted by Gasteiger charge is 2.18. The average Bonchev–Trinajstić information content (AvgIpc) is 2.76. The Hall–Kier alpha value is -3.91. The molecule has 0 bridgehead atoms. The van der Waals surface area contributed by atoms with Gasteiger partial charge in [-0.1, -0.05) is 60.7 Å². The Morgan fingerprint density at radius 1 is 0.714 bits per heavy atom. The van der Waals surface area contributed by atoms with Crippen LogP contribution in [0.25, 0.3) is 34.2 Å². The van der Waals surface area contributed by atoms with Gasteiger partial charge in [0, 0.05) is 16.7 Å². The van der Waals surface area contributed by atoms with Crippen LogP contribution in [0.3, 0.4) is 0 Å². The molecule has 5 heteroatoms. The molecule has 0 radical (unpaired) electrons. The highest BCUT2D eigenvalue weighted by atomic mass is 19.1. The molecule has 0 saturated carbocycles. The van der Waals surface area contributed by atoms with E-state index in [1.54, 1.807) is 6.92 Å². The molecule has 0 atom stereocenters. The standard InChI is InChI=1S/C23H15FN4/c1-15-19(24)13-12-18(14-25)20(15)23-27-21(16-8-4-2-5-9-16)26-22(28-23)17-10-6-3-7-11-17/h2-13H,1H3. The monoisotopic (exact) mass is 366 g/mol. The zero-order valence-corrected chi connectivity index (χ0v) is 15.1. The Kier molecular flexibility index (Phi) is 4.61. The van der Waals surface area contributed by atoms with E-state index >= 15 is 0 Å². The lowest BCUT2D eigenvalue weighted by atomic mass is 10.0. The lowest BCUT2D eigenvalue weighted by Gasteiger charge is -2.11. The molecule has 4 aromatic rings. The van der Waals surface area contributed by atoms with Crippen LogP contribution in [0.5, 0.6) is 0 Å². The van der Waals surface area contributed by atoms with Crippen LogP contribution < -0.4 is 0 Å². The summed E-state index contributed by atoms with van der Waals surface area (Å²) in [6.07, 6.45) is 0. The van der Waals surface area contributed by atoms with Crippen molar-refractivity contribution in [2.24, 2.45) is 0 Å². The highest BCUT2D eigenvalue weighted by molar-refractivity contribution is 5.72. The third-order valence-electron chi connectivity index (χ3n) is 4.44. The van der Waals surface area contributed by atoms with Crippen molar-refractivity contribution in [1.82, 2.24) is 15.0 Å². The summed E-state index contributed by atoms with van der Waals surface area (Å²) >= 11 is 0. The van der Waals surface area contributed by atoms with Crippen LogP contribution in [0.15, 0.2) is 72.8 Å². The first kappa shape index (κ1) is 17.5. The summed E-state index contributed by atoms with van der Waals surface area (Å²) in [5.41, 5.74) is 2.68. The minimum absolute atomic E-state index is 0.279. The van der Waals surface area contributed by atoms with Crippen molar-refractivity contribution >= 4 is 0 Å². The second-order valence-corrected chi connectivity index (χ2v) is 6.25. The summed E-state index contributed by atoms with van der Waals surface area (Å²) in [7, 11) is 0. The first-order valence-electron chi connectivity index (χ1n) is 8.74. The fourth-order valence-corrected chi connectivity index (χ4v) is 2.99. The second-order valence-electron chi connectivity index (χ2n) is 6.25. The van der Waals surface area contributed by atoms with Gasteiger partial charge in [-0.2, -0.15) is 5.26 Å². The number of halogens is 1. The van der Waals surface area contributed by atoms with E-state index < -0.39 is 5.82 Å². The molecule has 3 aromatic carbocycles. The topological polar surface area (TPSA) is 62.5 Å². The molecule has 134 valence electrons. The van der Waals surface area contributed by atoms with E-state index in [1.165, 1.54) is 12.1 Å². The molecule has 0 amide bonds. The van der Waals surface area contributed by atoms with E-state index in [0.29, 0.717) is 28.3 Å². The third-order valence-corrected chi connectivity index (χ3v) is 4.44. The van der Waals surface area contributed by atoms with E-state index in [9.17, 15) is 9.65 Å². The molecule has 0 fully saturated rings. The zero-order valence-electron chi connectivity index (χ0n) is 15.1. The lowest BCUT2D eigenvalue weighted by molar-refractivity contribution is 0.619. The Morgan fingerprint density at radius 2 is 1.21 bits per heavy atom. The van der Waals surface area contributed by atoms with Gasteiger partial charge in [0.2, 0.25) is 0 Å². The normalized spacial score (nSPS) is 10.5. The van der Waals surface area contributed by atoms with E-state index in [4.69, 9.17) is 0 Å². The van der Waals surface area contributed by atoms with Crippen molar-refractivity contribution in [2.45, 2.75) is 6.92 Å². The van der Waals surface area contributed by atoms with Gasteiger partial charge in [-0.3, -0.25) is 0 Å². The van der Waals surface area contributed by atoms with Gasteiger partial charge in [-0.05, 0) is 24.6 Å². The number of rotatable bonds is 3. The fourth-order valence-electron chi connectivity index (χ4n) is 2.99. The van der Waals surface area contributed by atoms with Crippen LogP contribution in [0.2, 0.25) is 0 Å². The molecule has 4 nitrogen and oxygen atoms in total. The van der Waals surface area contributed by atoms with Crippen molar-refractivity contribution in [3.8, 4) is 40.2 Å². The maximum absolute atomic E-state index is 14.2. The van der Waals surface area contributed by atoms with Crippen LogP contribution in [-0.4, -0.2) is 15.0 Å². The molecule has 4 rings (SSSR count). The molecule has 0 aliphatic rings. The fraction of sp³-hybridized carbons (Fsp3) is 0.0435. The van der Waals surface area contributed by atoms with Crippen LogP contribution in [0.4, 0.5) is 4.39 Å². The minimum atomic E-state index is -0.406. The maximum atomic E-state index is 14.2. The summed E-state index contributed by atoms with van der Waals surface area (Å²) in [6, 6.07) is 23.9. The number of nitrogens with zero attached hydrogens (tertiary/aromatic N) is 4. The van der Waals surface area contributed by atoms with Gasteiger partial charge >= 0.3 is 0 Å². The van der Waals surface area contributed by atoms with Crippen LogP contribution in [-0.2, 0) is 0 Å². The summed E-state index contributed by atoms with van der Waals surface area (Å²) < 4.78 is 14.2. The molecule has 0 spiro atoms. The number of hydrogen-bond acceptors (Lipinski definition) is 4. The van der Waals surface area contributed by atoms with Crippen molar-refractivity contribution in [2.75, 3.05) is 0 Å². The molecular formula is C23H15FN4. The smallest absolute Gasteiger partial charge is 0.165 e. The first-order chi connectivity index (χ1) is 13.7. The number of nitriles is 1. The third kappa shape index (κ3) is 3.24. The summed E-state index contributed by atoms with van der Waals surface area (Å²) in [4.78, 5) is 13.7. The van der Waals surface area contributed by atoms with Crippen molar-refractivity contribution in [3.05, 3.63) is 89.7 Å². The number of benzene rings is 3. The summed E-state index contributed by atoms with van der Waals surface area (Å²) in [5, 5.41) is 9.52. The molecule has 0 unspecified atom stereocenters. The van der Waals surface area contributed by atoms with Gasteiger partial charge in [0.1, 0.15) is 5.82 Å². The molecule has 1 heterocycles. The molecule has 0 aliphatic carbocycles. The average molecular weight is 366 g/mol. The predicted octanol–water partition coefficient (Wildman–Crippen LogP) is 5.19. The van der Waals surface area contributed by atoms with Crippen molar-refractivity contribution in [1.29, 1.82) is 5.26 Å². The highest BCUT2D eigenvalue weighted by Crippen LogP contribution is 2.29. The van der Waals surface area contributed by atoms with E-state index in [0.717, 1.165) is 11.1 Å². The number of aromatic nitrogens is 3. The molecule has 0 saturated heterocycles. The van der Waals surface area contributed by atoms with Gasteiger partial charge in [-0.15, -0.1) is 0 Å². The molecule has 28 heavy (non-hydrogen) atoms. The first-order valence-corrected chi connectivity index (χ1v) is 8.74. The predicted molar refractivity (Wildman–Crippen MR) is 106 cm³/mol. The second kappa shape index (κ2) is 7.37. The Balaban J connectivity index is 2.01. The summed E-state index contributed by atoms with van der Waals surface area (Å²) in [5.74, 6) is 0.812. The van der Waals surface area contributed by atoms with Crippen LogP contribution >= 0.6 is 0 Å². The molecule has 0 aliphatic heterocycles. The Labute approximate surface area is 162 Å². The van der Waals surface area contributed by atoms with E-state index in [1.807, 2.05) is 60.7 Å². The maximum Gasteiger partial charge on any atom is 0.165 e. The molecule has 0 N–H and O–H groups in total. The van der Waals surface area contributed by atoms with Crippen molar-refractivity contribution < 1.29 is 4.39 Å². The zero-order chi connectivity index (χ0) is 19.5. The quantitative estimate of drug-likeness (QED) is 0.500. The summed E-state index contributed by atoms with van der Waals surface area (Å²) in [6.45, 7) is 1.62. The molecule has 1 aromatic heterocycles. The lowest BCUT2D eigenvalue weighted by Crippen LogP contribution is -2.03. The molecular weight excluding hydrogens is 351 g/mol. The van der Waals surface area contributed by atoms with E-state index in [2.05, 4.69) is 21.0 Å².